The molecule has 5 rings (SSSR count). The van der Waals surface area contributed by atoms with Crippen molar-refractivity contribution >= 4 is 39.5 Å². The molecule has 196 valence electrons. The molecular formula is C28H27N3O7. The highest BCUT2D eigenvalue weighted by Crippen LogP contribution is 2.37. The fraction of sp³-hybridized carbons (Fsp3) is 0.286. The van der Waals surface area contributed by atoms with E-state index in [0.717, 1.165) is 6.42 Å². The van der Waals surface area contributed by atoms with Gasteiger partial charge in [-0.1, -0.05) is 0 Å². The van der Waals surface area contributed by atoms with Crippen molar-refractivity contribution in [1.29, 1.82) is 0 Å². The Morgan fingerprint density at radius 2 is 1.95 bits per heavy atom. The maximum atomic E-state index is 12.8. The van der Waals surface area contributed by atoms with Gasteiger partial charge in [0.25, 0.3) is 0 Å². The number of ether oxygens (including phenoxy) is 5. The Morgan fingerprint density at radius 1 is 1.05 bits per heavy atom. The number of aromatic nitrogens is 2. The summed E-state index contributed by atoms with van der Waals surface area (Å²) in [6.45, 7) is 1.93. The zero-order valence-corrected chi connectivity index (χ0v) is 21.1. The van der Waals surface area contributed by atoms with E-state index < -0.39 is 0 Å². The Bertz CT molecular complexity index is 1430. The summed E-state index contributed by atoms with van der Waals surface area (Å²) in [6.07, 6.45) is 6.00. The Labute approximate surface area is 219 Å². The van der Waals surface area contributed by atoms with Gasteiger partial charge < -0.3 is 29.0 Å². The maximum absolute atomic E-state index is 12.8. The number of benzene rings is 2. The van der Waals surface area contributed by atoms with Crippen LogP contribution in [0, 0.1) is 0 Å². The van der Waals surface area contributed by atoms with Gasteiger partial charge in [-0.3, -0.25) is 9.59 Å². The van der Waals surface area contributed by atoms with Gasteiger partial charge in [0.1, 0.15) is 30.6 Å². The van der Waals surface area contributed by atoms with Crippen LogP contribution in [-0.4, -0.2) is 68.3 Å². The molecule has 1 unspecified atom stereocenters. The van der Waals surface area contributed by atoms with Crippen LogP contribution in [0.25, 0.3) is 16.5 Å². The number of ketones is 2. The minimum Gasteiger partial charge on any atom is -0.493 e. The molecule has 10 nitrogen and oxygen atoms in total. The fourth-order valence-corrected chi connectivity index (χ4v) is 4.24. The summed E-state index contributed by atoms with van der Waals surface area (Å²) in [5.41, 5.74) is 1.98. The SMILES string of the molecule is COCCOc1cc2ncnc(Nc3ccc(OC4CCOC4)cc3C3=CC(=O)C=CC3=O)c2cc1OC. The van der Waals surface area contributed by atoms with Gasteiger partial charge in [-0.2, -0.15) is 0 Å². The molecule has 1 atom stereocenters. The largest absolute Gasteiger partial charge is 0.493 e. The van der Waals surface area contributed by atoms with Crippen LogP contribution in [0.1, 0.15) is 12.0 Å². The fourth-order valence-electron chi connectivity index (χ4n) is 4.24. The molecule has 1 saturated heterocycles. The molecule has 2 aromatic carbocycles. The molecular weight excluding hydrogens is 490 g/mol. The Balaban J connectivity index is 1.53. The lowest BCUT2D eigenvalue weighted by Crippen LogP contribution is -2.16. The van der Waals surface area contributed by atoms with Crippen molar-refractivity contribution < 1.29 is 33.3 Å². The van der Waals surface area contributed by atoms with Crippen molar-refractivity contribution in [3.05, 3.63) is 60.5 Å². The second kappa shape index (κ2) is 11.4. The van der Waals surface area contributed by atoms with E-state index in [1.165, 1.54) is 24.6 Å². The topological polar surface area (TPSA) is 118 Å². The minimum atomic E-state index is -0.277. The summed E-state index contributed by atoms with van der Waals surface area (Å²) >= 11 is 0. The van der Waals surface area contributed by atoms with Gasteiger partial charge in [0.2, 0.25) is 0 Å². The standard InChI is InChI=1S/C28H27N3O7/c1-34-9-10-37-27-14-24-22(13-26(27)35-2)28(30-16-29-24)31-23-5-4-18(38-19-7-8-36-15-19)12-20(23)21-11-17(32)3-6-25(21)33/h3-6,11-14,16,19H,7-10,15H2,1-2H3,(H,29,30,31). The van der Waals surface area contributed by atoms with Crippen LogP contribution in [-0.2, 0) is 19.1 Å². The average molecular weight is 518 g/mol. The second-order valence-corrected chi connectivity index (χ2v) is 8.68. The van der Waals surface area contributed by atoms with Gasteiger partial charge in [0.05, 0.1) is 32.4 Å². The zero-order valence-electron chi connectivity index (χ0n) is 21.1. The number of carbonyl (C=O) groups is 2. The van der Waals surface area contributed by atoms with Crippen LogP contribution >= 0.6 is 0 Å². The van der Waals surface area contributed by atoms with E-state index in [4.69, 9.17) is 23.7 Å². The molecule has 0 spiro atoms. The number of methoxy groups -OCH3 is 2. The number of fused-ring (bicyclic) bond motifs is 1. The van der Waals surface area contributed by atoms with Crippen molar-refractivity contribution in [3.63, 3.8) is 0 Å². The lowest BCUT2D eigenvalue weighted by Gasteiger charge is -2.19. The molecule has 1 N–H and O–H groups in total. The van der Waals surface area contributed by atoms with Crippen LogP contribution in [0.15, 0.2) is 54.9 Å². The van der Waals surface area contributed by atoms with E-state index in [9.17, 15) is 9.59 Å². The van der Waals surface area contributed by atoms with Crippen LogP contribution in [0.4, 0.5) is 11.5 Å². The summed E-state index contributed by atoms with van der Waals surface area (Å²) in [5.74, 6) is 1.56. The summed E-state index contributed by atoms with van der Waals surface area (Å²) in [7, 11) is 3.16. The Hall–Kier alpha value is -4.28. The number of hydrogen-bond acceptors (Lipinski definition) is 10. The predicted molar refractivity (Wildman–Crippen MR) is 140 cm³/mol. The number of nitrogens with zero attached hydrogens (tertiary/aromatic N) is 2. The summed E-state index contributed by atoms with van der Waals surface area (Å²) in [5, 5.41) is 3.99. The highest BCUT2D eigenvalue weighted by Gasteiger charge is 2.22. The Morgan fingerprint density at radius 3 is 2.74 bits per heavy atom. The molecule has 0 bridgehead atoms. The molecule has 1 aliphatic heterocycles. The highest BCUT2D eigenvalue weighted by atomic mass is 16.5. The molecule has 1 aromatic heterocycles. The van der Waals surface area contributed by atoms with Crippen molar-refractivity contribution in [3.8, 4) is 17.2 Å². The quantitative estimate of drug-likeness (QED) is 0.315. The van der Waals surface area contributed by atoms with Crippen molar-refractivity contribution in [2.75, 3.05) is 46.0 Å². The van der Waals surface area contributed by atoms with Crippen LogP contribution in [0.2, 0.25) is 0 Å². The lowest BCUT2D eigenvalue weighted by molar-refractivity contribution is -0.113. The van der Waals surface area contributed by atoms with Gasteiger partial charge in [0.15, 0.2) is 23.1 Å². The molecule has 0 saturated carbocycles. The number of hydrogen-bond donors (Lipinski definition) is 1. The second-order valence-electron chi connectivity index (χ2n) is 8.68. The van der Waals surface area contributed by atoms with E-state index in [1.807, 2.05) is 0 Å². The molecule has 3 aromatic rings. The van der Waals surface area contributed by atoms with E-state index in [0.29, 0.717) is 71.6 Å². The van der Waals surface area contributed by atoms with Gasteiger partial charge >= 0.3 is 0 Å². The molecule has 10 heteroatoms. The van der Waals surface area contributed by atoms with Gasteiger partial charge in [-0.05, 0) is 42.5 Å². The van der Waals surface area contributed by atoms with E-state index >= 15 is 0 Å². The van der Waals surface area contributed by atoms with Gasteiger partial charge in [-0.25, -0.2) is 9.97 Å². The first-order valence-corrected chi connectivity index (χ1v) is 12.1. The first-order valence-electron chi connectivity index (χ1n) is 12.1. The number of nitrogens with one attached hydrogen (secondary N) is 1. The van der Waals surface area contributed by atoms with Crippen molar-refractivity contribution in [2.24, 2.45) is 0 Å². The highest BCUT2D eigenvalue weighted by molar-refractivity contribution is 6.34. The first-order chi connectivity index (χ1) is 18.6. The number of allylic oxidation sites excluding steroid dienone is 4. The van der Waals surface area contributed by atoms with Gasteiger partial charge in [0, 0.05) is 41.8 Å². The monoisotopic (exact) mass is 517 g/mol. The average Bonchev–Trinajstić information content (AvgIpc) is 3.44. The van der Waals surface area contributed by atoms with E-state index in [-0.39, 0.29) is 23.2 Å². The van der Waals surface area contributed by atoms with E-state index in [1.54, 1.807) is 44.6 Å². The third-order valence-electron chi connectivity index (χ3n) is 6.14. The van der Waals surface area contributed by atoms with Crippen LogP contribution in [0.5, 0.6) is 17.2 Å². The maximum Gasteiger partial charge on any atom is 0.186 e. The molecule has 0 amide bonds. The normalized spacial score (nSPS) is 17.0. The molecule has 38 heavy (non-hydrogen) atoms. The molecule has 1 aliphatic carbocycles. The smallest absolute Gasteiger partial charge is 0.186 e. The third kappa shape index (κ3) is 5.51. The lowest BCUT2D eigenvalue weighted by atomic mass is 9.94. The third-order valence-corrected chi connectivity index (χ3v) is 6.14. The summed E-state index contributed by atoms with van der Waals surface area (Å²) < 4.78 is 27.9. The number of carbonyl (C=O) groups excluding carboxylic acids is 2. The number of rotatable bonds is 10. The predicted octanol–water partition coefficient (Wildman–Crippen LogP) is 3.67. The zero-order chi connectivity index (χ0) is 26.5. The van der Waals surface area contributed by atoms with Crippen molar-refractivity contribution in [1.82, 2.24) is 9.97 Å². The molecule has 2 heterocycles. The number of anilines is 2. The summed E-state index contributed by atoms with van der Waals surface area (Å²) in [4.78, 5) is 33.8. The summed E-state index contributed by atoms with van der Waals surface area (Å²) in [6, 6.07) is 8.91. The molecule has 2 aliphatic rings. The first kappa shape index (κ1) is 25.4. The van der Waals surface area contributed by atoms with Crippen LogP contribution < -0.4 is 19.5 Å². The molecule has 0 radical (unpaired) electrons. The van der Waals surface area contributed by atoms with Crippen molar-refractivity contribution in [2.45, 2.75) is 12.5 Å². The minimum absolute atomic E-state index is 0.0715. The van der Waals surface area contributed by atoms with Crippen LogP contribution in [0.3, 0.4) is 0 Å². The van der Waals surface area contributed by atoms with E-state index in [2.05, 4.69) is 15.3 Å². The van der Waals surface area contributed by atoms with Gasteiger partial charge in [-0.15, -0.1) is 0 Å². The molecule has 1 fully saturated rings. The Kier molecular flexibility index (Phi) is 7.62.